The first-order chi connectivity index (χ1) is 12.5. The smallest absolute Gasteiger partial charge is 0.255 e. The van der Waals surface area contributed by atoms with Crippen LogP contribution in [0.15, 0.2) is 58.3 Å². The Morgan fingerprint density at radius 2 is 1.73 bits per heavy atom. The highest BCUT2D eigenvalue weighted by Crippen LogP contribution is 2.22. The van der Waals surface area contributed by atoms with Crippen LogP contribution < -0.4 is 5.32 Å². The van der Waals surface area contributed by atoms with E-state index in [0.29, 0.717) is 24.3 Å². The lowest BCUT2D eigenvalue weighted by Crippen LogP contribution is -2.35. The SMILES string of the molecule is CSc1cccc(NC(=O)c2ccc(S(=O)(=O)N3CCCCC3)cc2)c1. The third-order valence-electron chi connectivity index (χ3n) is 4.40. The molecule has 1 N–H and O–H groups in total. The summed E-state index contributed by atoms with van der Waals surface area (Å²) in [5.74, 6) is -0.259. The first-order valence-electron chi connectivity index (χ1n) is 8.56. The molecule has 0 bridgehead atoms. The maximum atomic E-state index is 12.7. The standard InChI is InChI=1S/C19H22N2O3S2/c1-25-17-7-5-6-16(14-17)20-19(22)15-8-10-18(11-9-15)26(23,24)21-12-3-2-4-13-21/h5-11,14H,2-4,12-13H2,1H3,(H,20,22). The summed E-state index contributed by atoms with van der Waals surface area (Å²) in [7, 11) is -3.47. The van der Waals surface area contributed by atoms with Gasteiger partial charge in [-0.25, -0.2) is 8.42 Å². The molecular weight excluding hydrogens is 368 g/mol. The van der Waals surface area contributed by atoms with Crippen molar-refractivity contribution in [2.75, 3.05) is 24.7 Å². The van der Waals surface area contributed by atoms with E-state index >= 15 is 0 Å². The second-order valence-electron chi connectivity index (χ2n) is 6.18. The van der Waals surface area contributed by atoms with Crippen molar-refractivity contribution in [2.24, 2.45) is 0 Å². The summed E-state index contributed by atoms with van der Waals surface area (Å²) < 4.78 is 26.8. The summed E-state index contributed by atoms with van der Waals surface area (Å²) in [6.07, 6.45) is 4.84. The Morgan fingerprint density at radius 1 is 1.04 bits per heavy atom. The third kappa shape index (κ3) is 4.28. The molecular formula is C19H22N2O3S2. The highest BCUT2D eigenvalue weighted by molar-refractivity contribution is 7.98. The second-order valence-corrected chi connectivity index (χ2v) is 8.99. The van der Waals surface area contributed by atoms with Crippen LogP contribution >= 0.6 is 11.8 Å². The number of sulfonamides is 1. The van der Waals surface area contributed by atoms with Crippen molar-refractivity contribution in [1.82, 2.24) is 4.31 Å². The van der Waals surface area contributed by atoms with Crippen LogP contribution in [0.3, 0.4) is 0 Å². The molecule has 0 spiro atoms. The predicted octanol–water partition coefficient (Wildman–Crippen LogP) is 3.84. The van der Waals surface area contributed by atoms with Crippen molar-refractivity contribution < 1.29 is 13.2 Å². The van der Waals surface area contributed by atoms with Gasteiger partial charge in [-0.1, -0.05) is 12.5 Å². The number of anilines is 1. The summed E-state index contributed by atoms with van der Waals surface area (Å²) in [5.41, 5.74) is 1.14. The van der Waals surface area contributed by atoms with E-state index in [4.69, 9.17) is 0 Å². The van der Waals surface area contributed by atoms with Gasteiger partial charge in [-0.15, -0.1) is 11.8 Å². The number of nitrogens with one attached hydrogen (secondary N) is 1. The largest absolute Gasteiger partial charge is 0.322 e. The lowest BCUT2D eigenvalue weighted by molar-refractivity contribution is 0.102. The van der Waals surface area contributed by atoms with Gasteiger partial charge in [0, 0.05) is 29.2 Å². The number of carbonyl (C=O) groups excluding carboxylic acids is 1. The van der Waals surface area contributed by atoms with Crippen molar-refractivity contribution in [3.05, 3.63) is 54.1 Å². The van der Waals surface area contributed by atoms with E-state index in [0.717, 1.165) is 24.2 Å². The van der Waals surface area contributed by atoms with Gasteiger partial charge in [0.15, 0.2) is 0 Å². The topological polar surface area (TPSA) is 66.5 Å². The molecule has 7 heteroatoms. The van der Waals surface area contributed by atoms with Crippen molar-refractivity contribution in [1.29, 1.82) is 0 Å². The first-order valence-corrected chi connectivity index (χ1v) is 11.2. The fraction of sp³-hybridized carbons (Fsp3) is 0.316. The van der Waals surface area contributed by atoms with Crippen LogP contribution in [0, 0.1) is 0 Å². The van der Waals surface area contributed by atoms with Crippen molar-refractivity contribution >= 4 is 33.4 Å². The number of carbonyl (C=O) groups is 1. The zero-order valence-electron chi connectivity index (χ0n) is 14.6. The Morgan fingerprint density at radius 3 is 2.38 bits per heavy atom. The maximum Gasteiger partial charge on any atom is 0.255 e. The molecule has 1 saturated heterocycles. The molecule has 1 amide bonds. The minimum atomic E-state index is -3.47. The predicted molar refractivity (Wildman–Crippen MR) is 105 cm³/mol. The Labute approximate surface area is 158 Å². The minimum absolute atomic E-state index is 0.236. The number of amides is 1. The molecule has 0 aromatic heterocycles. The molecule has 1 heterocycles. The van der Waals surface area contributed by atoms with E-state index in [1.807, 2.05) is 30.5 Å². The molecule has 1 fully saturated rings. The Bertz CT molecular complexity index is 874. The normalized spacial score (nSPS) is 15.6. The molecule has 0 atom stereocenters. The van der Waals surface area contributed by atoms with E-state index in [1.165, 1.54) is 16.4 Å². The summed E-state index contributed by atoms with van der Waals surface area (Å²) >= 11 is 1.60. The molecule has 0 saturated carbocycles. The molecule has 0 aliphatic carbocycles. The second kappa shape index (κ2) is 8.24. The van der Waals surface area contributed by atoms with Crippen LogP contribution in [0.1, 0.15) is 29.6 Å². The lowest BCUT2D eigenvalue weighted by Gasteiger charge is -2.25. The van der Waals surface area contributed by atoms with Crippen LogP contribution in [-0.4, -0.2) is 38.0 Å². The van der Waals surface area contributed by atoms with Crippen molar-refractivity contribution in [2.45, 2.75) is 29.1 Å². The number of piperidine rings is 1. The van der Waals surface area contributed by atoms with Gasteiger partial charge in [0.25, 0.3) is 5.91 Å². The molecule has 2 aromatic carbocycles. The van der Waals surface area contributed by atoms with Crippen molar-refractivity contribution in [3.63, 3.8) is 0 Å². The third-order valence-corrected chi connectivity index (χ3v) is 7.04. The van der Waals surface area contributed by atoms with Gasteiger partial charge in [-0.3, -0.25) is 4.79 Å². The van der Waals surface area contributed by atoms with E-state index < -0.39 is 10.0 Å². The molecule has 0 unspecified atom stereocenters. The molecule has 1 aliphatic heterocycles. The average Bonchev–Trinajstić information content (AvgIpc) is 2.69. The molecule has 3 rings (SSSR count). The van der Waals surface area contributed by atoms with E-state index in [2.05, 4.69) is 5.32 Å². The number of hydrogen-bond acceptors (Lipinski definition) is 4. The first kappa shape index (κ1) is 18.9. The van der Waals surface area contributed by atoms with Gasteiger partial charge < -0.3 is 5.32 Å². The summed E-state index contributed by atoms with van der Waals surface area (Å²) in [6.45, 7) is 1.13. The van der Waals surface area contributed by atoms with Crippen molar-refractivity contribution in [3.8, 4) is 0 Å². The van der Waals surface area contributed by atoms with Crippen LogP contribution in [0.25, 0.3) is 0 Å². The molecule has 2 aromatic rings. The molecule has 5 nitrogen and oxygen atoms in total. The monoisotopic (exact) mass is 390 g/mol. The molecule has 1 aliphatic rings. The fourth-order valence-corrected chi connectivity index (χ4v) is 4.91. The van der Waals surface area contributed by atoms with E-state index in [-0.39, 0.29) is 10.8 Å². The number of rotatable bonds is 5. The Kier molecular flexibility index (Phi) is 6.01. The van der Waals surface area contributed by atoms with Gasteiger partial charge in [0.2, 0.25) is 10.0 Å². The fourth-order valence-electron chi connectivity index (χ4n) is 2.94. The number of thioether (sulfide) groups is 1. The Hall–Kier alpha value is -1.83. The van der Waals surface area contributed by atoms with Gasteiger partial charge in [0.1, 0.15) is 0 Å². The minimum Gasteiger partial charge on any atom is -0.322 e. The van der Waals surface area contributed by atoms with Crippen LogP contribution in [0.4, 0.5) is 5.69 Å². The molecule has 138 valence electrons. The number of hydrogen-bond donors (Lipinski definition) is 1. The number of nitrogens with zero attached hydrogens (tertiary/aromatic N) is 1. The van der Waals surface area contributed by atoms with Crippen LogP contribution in [0.2, 0.25) is 0 Å². The summed E-state index contributed by atoms with van der Waals surface area (Å²) in [4.78, 5) is 13.7. The lowest BCUT2D eigenvalue weighted by atomic mass is 10.2. The Balaban J connectivity index is 1.73. The molecule has 0 radical (unpaired) electrons. The van der Waals surface area contributed by atoms with E-state index in [9.17, 15) is 13.2 Å². The maximum absolute atomic E-state index is 12.7. The average molecular weight is 391 g/mol. The zero-order valence-corrected chi connectivity index (χ0v) is 16.3. The van der Waals surface area contributed by atoms with Gasteiger partial charge in [-0.05, 0) is 61.6 Å². The van der Waals surface area contributed by atoms with Gasteiger partial charge >= 0.3 is 0 Å². The van der Waals surface area contributed by atoms with Crippen LogP contribution in [0.5, 0.6) is 0 Å². The zero-order chi connectivity index (χ0) is 18.6. The highest BCUT2D eigenvalue weighted by Gasteiger charge is 2.25. The van der Waals surface area contributed by atoms with Crippen LogP contribution in [-0.2, 0) is 10.0 Å². The summed E-state index contributed by atoms with van der Waals surface area (Å²) in [6, 6.07) is 13.7. The van der Waals surface area contributed by atoms with E-state index in [1.54, 1.807) is 23.9 Å². The summed E-state index contributed by atoms with van der Waals surface area (Å²) in [5, 5.41) is 2.84. The van der Waals surface area contributed by atoms with Gasteiger partial charge in [0.05, 0.1) is 4.90 Å². The highest BCUT2D eigenvalue weighted by atomic mass is 32.2. The van der Waals surface area contributed by atoms with Gasteiger partial charge in [-0.2, -0.15) is 4.31 Å². The molecule has 26 heavy (non-hydrogen) atoms. The number of benzene rings is 2. The quantitative estimate of drug-likeness (QED) is 0.788.